The molecule has 0 aliphatic heterocycles. The summed E-state index contributed by atoms with van der Waals surface area (Å²) in [6.45, 7) is 1.96. The van der Waals surface area contributed by atoms with Crippen LogP contribution in [0.4, 0.5) is 23.3 Å². The zero-order chi connectivity index (χ0) is 19.4. The van der Waals surface area contributed by atoms with Gasteiger partial charge < -0.3 is 16.4 Å². The van der Waals surface area contributed by atoms with E-state index in [9.17, 15) is 4.79 Å². The molecule has 1 amide bonds. The fourth-order valence-electron chi connectivity index (χ4n) is 2.55. The molecule has 1 heterocycles. The van der Waals surface area contributed by atoms with Gasteiger partial charge in [0.2, 0.25) is 17.8 Å². The van der Waals surface area contributed by atoms with Crippen molar-refractivity contribution >= 4 is 52.4 Å². The molecule has 0 aliphatic rings. The first-order valence-corrected chi connectivity index (χ1v) is 9.06. The summed E-state index contributed by atoms with van der Waals surface area (Å²) in [7, 11) is 0. The van der Waals surface area contributed by atoms with E-state index in [4.69, 9.17) is 28.9 Å². The lowest BCUT2D eigenvalue weighted by Gasteiger charge is -2.12. The third kappa shape index (κ3) is 4.69. The summed E-state index contributed by atoms with van der Waals surface area (Å²) >= 11 is 12.9. The normalized spacial score (nSPS) is 10.6. The van der Waals surface area contributed by atoms with Crippen LogP contribution < -0.4 is 16.4 Å². The lowest BCUT2D eigenvalue weighted by atomic mass is 10.0. The molecular weight excluding hydrogens is 387 g/mol. The van der Waals surface area contributed by atoms with Crippen LogP contribution in [-0.2, 0) is 4.79 Å². The molecule has 0 atom stereocenters. The maximum absolute atomic E-state index is 11.7. The first-order valence-electron chi connectivity index (χ1n) is 8.30. The van der Waals surface area contributed by atoms with Crippen LogP contribution in [0, 0.1) is 0 Å². The Morgan fingerprint density at radius 2 is 1.81 bits per heavy atom. The van der Waals surface area contributed by atoms with Crippen LogP contribution in [0.2, 0.25) is 10.0 Å². The van der Waals surface area contributed by atoms with E-state index in [2.05, 4.69) is 25.8 Å². The molecule has 0 radical (unpaired) electrons. The van der Waals surface area contributed by atoms with Crippen LogP contribution in [0.15, 0.2) is 36.4 Å². The van der Waals surface area contributed by atoms with Gasteiger partial charge in [0.05, 0.1) is 10.0 Å². The molecule has 5 N–H and O–H groups in total. The quantitative estimate of drug-likeness (QED) is 0.469. The zero-order valence-corrected chi connectivity index (χ0v) is 16.0. The number of carbonyl (C=O) groups excluding carboxylic acids is 1. The second-order valence-electron chi connectivity index (χ2n) is 5.86. The third-order valence-corrected chi connectivity index (χ3v) is 4.33. The Balaban J connectivity index is 1.81. The monoisotopic (exact) mass is 404 g/mol. The van der Waals surface area contributed by atoms with Crippen LogP contribution in [0.1, 0.15) is 19.8 Å². The van der Waals surface area contributed by atoms with E-state index in [1.165, 1.54) is 0 Å². The number of amides is 1. The Kier molecular flexibility index (Phi) is 5.83. The average molecular weight is 405 g/mol. The van der Waals surface area contributed by atoms with E-state index < -0.39 is 0 Å². The van der Waals surface area contributed by atoms with Crippen LogP contribution in [0.3, 0.4) is 0 Å². The number of hydrogen-bond acceptors (Lipinski definition) is 5. The van der Waals surface area contributed by atoms with Crippen LogP contribution in [0.25, 0.3) is 11.1 Å². The molecule has 0 aliphatic carbocycles. The highest BCUT2D eigenvalue weighted by molar-refractivity contribution is 6.39. The van der Waals surface area contributed by atoms with Gasteiger partial charge in [-0.2, -0.15) is 4.98 Å². The summed E-state index contributed by atoms with van der Waals surface area (Å²) in [5.74, 6) is 0.515. The molecule has 0 unspecified atom stereocenters. The summed E-state index contributed by atoms with van der Waals surface area (Å²) < 4.78 is 0. The van der Waals surface area contributed by atoms with Gasteiger partial charge in [-0.25, -0.2) is 5.10 Å². The number of H-pyrrole nitrogens is 1. The average Bonchev–Trinajstić information content (AvgIpc) is 3.01. The lowest BCUT2D eigenvalue weighted by molar-refractivity contribution is -0.116. The van der Waals surface area contributed by atoms with Gasteiger partial charge in [-0.1, -0.05) is 42.3 Å². The number of halogens is 2. The van der Waals surface area contributed by atoms with Crippen LogP contribution >= 0.6 is 23.2 Å². The molecule has 7 nitrogen and oxygen atoms in total. The van der Waals surface area contributed by atoms with Gasteiger partial charge in [0.15, 0.2) is 0 Å². The van der Waals surface area contributed by atoms with Gasteiger partial charge in [-0.05, 0) is 36.2 Å². The molecule has 140 valence electrons. The molecule has 27 heavy (non-hydrogen) atoms. The van der Waals surface area contributed by atoms with Crippen molar-refractivity contribution in [3.8, 4) is 11.1 Å². The predicted molar refractivity (Wildman–Crippen MR) is 110 cm³/mol. The van der Waals surface area contributed by atoms with Crippen molar-refractivity contribution in [2.75, 3.05) is 16.4 Å². The van der Waals surface area contributed by atoms with Gasteiger partial charge in [-0.3, -0.25) is 4.79 Å². The van der Waals surface area contributed by atoms with E-state index in [0.717, 1.165) is 17.7 Å². The van der Waals surface area contributed by atoms with Gasteiger partial charge >= 0.3 is 0 Å². The van der Waals surface area contributed by atoms with Gasteiger partial charge in [0.1, 0.15) is 0 Å². The Morgan fingerprint density at radius 3 is 2.37 bits per heavy atom. The highest BCUT2D eigenvalue weighted by Gasteiger charge is 2.12. The highest BCUT2D eigenvalue weighted by atomic mass is 35.5. The summed E-state index contributed by atoms with van der Waals surface area (Å²) in [6, 6.07) is 10.8. The lowest BCUT2D eigenvalue weighted by Crippen LogP contribution is -2.10. The van der Waals surface area contributed by atoms with E-state index in [1.54, 1.807) is 12.1 Å². The maximum atomic E-state index is 11.7. The minimum Gasteiger partial charge on any atom is -0.368 e. The number of carbonyl (C=O) groups is 1. The van der Waals surface area contributed by atoms with E-state index in [1.807, 2.05) is 31.2 Å². The van der Waals surface area contributed by atoms with Crippen LogP contribution in [0.5, 0.6) is 0 Å². The Labute approximate surface area is 166 Å². The fourth-order valence-corrected chi connectivity index (χ4v) is 3.26. The number of aromatic nitrogens is 3. The van der Waals surface area contributed by atoms with Crippen molar-refractivity contribution in [1.29, 1.82) is 0 Å². The minimum absolute atomic E-state index is 0.00986. The number of rotatable bonds is 6. The molecule has 0 bridgehead atoms. The van der Waals surface area contributed by atoms with Crippen molar-refractivity contribution in [3.63, 3.8) is 0 Å². The molecule has 0 saturated heterocycles. The van der Waals surface area contributed by atoms with Crippen molar-refractivity contribution < 1.29 is 4.79 Å². The minimum atomic E-state index is -0.00986. The first-order chi connectivity index (χ1) is 13.0. The zero-order valence-electron chi connectivity index (χ0n) is 14.5. The summed E-state index contributed by atoms with van der Waals surface area (Å²) in [6.07, 6.45) is 1.29. The number of nitrogens with one attached hydrogen (secondary N) is 3. The van der Waals surface area contributed by atoms with E-state index in [-0.39, 0.29) is 11.9 Å². The molecular formula is C18H18Cl2N6O. The van der Waals surface area contributed by atoms with E-state index >= 15 is 0 Å². The van der Waals surface area contributed by atoms with Crippen molar-refractivity contribution in [2.45, 2.75) is 19.8 Å². The standard InChI is InChI=1S/C18H18Cl2N6O/c1-2-3-15(27)22-11-6-4-10(5-7-11)16-13(19)8-12(9-14(16)20)23-18-24-17(21)25-26-18/h4-9H,2-3H2,1H3,(H,22,27)(H4,21,23,24,25,26). The molecule has 3 rings (SSSR count). The van der Waals surface area contributed by atoms with Crippen LogP contribution in [-0.4, -0.2) is 21.1 Å². The number of nitrogen functional groups attached to an aromatic ring is 1. The van der Waals surface area contributed by atoms with Gasteiger partial charge in [-0.15, -0.1) is 5.10 Å². The maximum Gasteiger partial charge on any atom is 0.248 e. The summed E-state index contributed by atoms with van der Waals surface area (Å²) in [4.78, 5) is 15.7. The number of anilines is 4. The second-order valence-corrected chi connectivity index (χ2v) is 6.67. The predicted octanol–water partition coefficient (Wildman–Crippen LogP) is 4.84. The Morgan fingerprint density at radius 1 is 1.15 bits per heavy atom. The molecule has 9 heteroatoms. The van der Waals surface area contributed by atoms with E-state index in [0.29, 0.717) is 33.7 Å². The van der Waals surface area contributed by atoms with Crippen molar-refractivity contribution in [2.24, 2.45) is 0 Å². The Hall–Kier alpha value is -2.77. The molecule has 0 saturated carbocycles. The summed E-state index contributed by atoms with van der Waals surface area (Å²) in [5, 5.41) is 13.2. The molecule has 2 aromatic carbocycles. The SMILES string of the molecule is CCCC(=O)Nc1ccc(-c2c(Cl)cc(Nc3n[nH]c(N)n3)cc2Cl)cc1. The number of nitrogens with two attached hydrogens (primary N) is 1. The van der Waals surface area contributed by atoms with Crippen molar-refractivity contribution in [3.05, 3.63) is 46.4 Å². The third-order valence-electron chi connectivity index (χ3n) is 3.74. The Bertz CT molecular complexity index is 932. The van der Waals surface area contributed by atoms with Crippen molar-refractivity contribution in [1.82, 2.24) is 15.2 Å². The molecule has 0 spiro atoms. The number of aromatic amines is 1. The molecule has 3 aromatic rings. The molecule has 1 aromatic heterocycles. The largest absolute Gasteiger partial charge is 0.368 e. The first kappa shape index (κ1) is 19.0. The number of nitrogens with zero attached hydrogens (tertiary/aromatic N) is 2. The number of hydrogen-bond donors (Lipinski definition) is 4. The van der Waals surface area contributed by atoms with Gasteiger partial charge in [0.25, 0.3) is 0 Å². The smallest absolute Gasteiger partial charge is 0.248 e. The fraction of sp³-hybridized carbons (Fsp3) is 0.167. The second kappa shape index (κ2) is 8.28. The number of benzene rings is 2. The molecule has 0 fully saturated rings. The highest BCUT2D eigenvalue weighted by Crippen LogP contribution is 2.38. The summed E-state index contributed by atoms with van der Waals surface area (Å²) in [5.41, 5.74) is 8.40. The van der Waals surface area contributed by atoms with Gasteiger partial charge in [0, 0.05) is 23.4 Å². The topological polar surface area (TPSA) is 109 Å².